The van der Waals surface area contributed by atoms with Crippen molar-refractivity contribution in [2.45, 2.75) is 64.9 Å². The fourth-order valence-electron chi connectivity index (χ4n) is 5.64. The van der Waals surface area contributed by atoms with Gasteiger partial charge in [-0.05, 0) is 62.7 Å². The zero-order chi connectivity index (χ0) is 19.6. The van der Waals surface area contributed by atoms with E-state index in [0.717, 1.165) is 38.5 Å². The summed E-state index contributed by atoms with van der Waals surface area (Å²) in [4.78, 5) is 25.0. The van der Waals surface area contributed by atoms with E-state index in [4.69, 9.17) is 4.74 Å². The van der Waals surface area contributed by atoms with E-state index < -0.39 is 5.92 Å². The van der Waals surface area contributed by atoms with Crippen LogP contribution in [0.4, 0.5) is 0 Å². The van der Waals surface area contributed by atoms with Crippen LogP contribution < -0.4 is 0 Å². The molecule has 0 aliphatic heterocycles. The van der Waals surface area contributed by atoms with Gasteiger partial charge in [-0.25, -0.2) is 0 Å². The number of esters is 1. The third-order valence-corrected chi connectivity index (χ3v) is 7.24. The first-order chi connectivity index (χ1) is 13.0. The second kappa shape index (κ2) is 8.72. The summed E-state index contributed by atoms with van der Waals surface area (Å²) in [5, 5.41) is 10.3. The molecule has 0 aromatic heterocycles. The van der Waals surface area contributed by atoms with Crippen molar-refractivity contribution in [3.63, 3.8) is 0 Å². The number of allylic oxidation sites excluding steroid dienone is 3. The van der Waals surface area contributed by atoms with E-state index in [1.165, 1.54) is 12.7 Å². The molecule has 3 saturated carbocycles. The van der Waals surface area contributed by atoms with Gasteiger partial charge in [0.25, 0.3) is 0 Å². The maximum atomic E-state index is 12.8. The highest BCUT2D eigenvalue weighted by molar-refractivity contribution is 6.00. The van der Waals surface area contributed by atoms with E-state index in [9.17, 15) is 14.7 Å². The van der Waals surface area contributed by atoms with Gasteiger partial charge in [0.05, 0.1) is 13.2 Å². The van der Waals surface area contributed by atoms with Crippen molar-refractivity contribution < 1.29 is 19.4 Å². The predicted molar refractivity (Wildman–Crippen MR) is 105 cm³/mol. The van der Waals surface area contributed by atoms with E-state index in [1.807, 2.05) is 13.0 Å². The van der Waals surface area contributed by atoms with Gasteiger partial charge in [0, 0.05) is 12.3 Å². The summed E-state index contributed by atoms with van der Waals surface area (Å²) in [5.41, 5.74) is 1.32. The molecule has 150 valence electrons. The monoisotopic (exact) mass is 374 g/mol. The molecule has 1 unspecified atom stereocenters. The topological polar surface area (TPSA) is 63.6 Å². The number of carbonyl (C=O) groups excluding carboxylic acids is 2. The zero-order valence-corrected chi connectivity index (χ0v) is 16.9. The van der Waals surface area contributed by atoms with Crippen molar-refractivity contribution >= 4 is 11.8 Å². The molecule has 0 bridgehead atoms. The minimum atomic E-state index is -0.590. The van der Waals surface area contributed by atoms with Crippen molar-refractivity contribution in [2.24, 2.45) is 35.5 Å². The largest absolute Gasteiger partial charge is 0.468 e. The van der Waals surface area contributed by atoms with Gasteiger partial charge in [0.2, 0.25) is 0 Å². The van der Waals surface area contributed by atoms with Crippen LogP contribution in [0.1, 0.15) is 58.8 Å². The molecule has 0 heterocycles. The number of Topliss-reactive ketones (excluding diaryl/α,β-unsaturated/α-hetero) is 1. The highest BCUT2D eigenvalue weighted by atomic mass is 16.5. The molecular weight excluding hydrogens is 340 g/mol. The van der Waals surface area contributed by atoms with Gasteiger partial charge < -0.3 is 9.84 Å². The van der Waals surface area contributed by atoms with Crippen molar-refractivity contribution in [2.75, 3.05) is 7.11 Å². The van der Waals surface area contributed by atoms with E-state index in [2.05, 4.69) is 19.1 Å². The average molecular weight is 375 g/mol. The van der Waals surface area contributed by atoms with Gasteiger partial charge in [-0.3, -0.25) is 9.59 Å². The van der Waals surface area contributed by atoms with Gasteiger partial charge in [-0.15, -0.1) is 0 Å². The van der Waals surface area contributed by atoms with Crippen LogP contribution in [0.2, 0.25) is 0 Å². The maximum Gasteiger partial charge on any atom is 0.316 e. The smallest absolute Gasteiger partial charge is 0.316 e. The summed E-state index contributed by atoms with van der Waals surface area (Å²) >= 11 is 0. The molecule has 0 amide bonds. The number of aliphatic hydroxyl groups is 1. The van der Waals surface area contributed by atoms with Crippen LogP contribution in [0.25, 0.3) is 0 Å². The molecule has 0 aromatic carbocycles. The molecule has 4 nitrogen and oxygen atoms in total. The van der Waals surface area contributed by atoms with Gasteiger partial charge in [-0.1, -0.05) is 37.1 Å². The maximum absolute atomic E-state index is 12.8. The molecular formula is C23H34O4. The van der Waals surface area contributed by atoms with Gasteiger partial charge in [0.15, 0.2) is 5.78 Å². The first-order valence-corrected chi connectivity index (χ1v) is 10.6. The number of hydrogen-bond donors (Lipinski definition) is 1. The molecule has 4 heteroatoms. The number of ketones is 1. The van der Waals surface area contributed by atoms with Crippen molar-refractivity contribution in [3.8, 4) is 0 Å². The number of ether oxygens (including phenoxy) is 1. The number of rotatable bonds is 7. The zero-order valence-electron chi connectivity index (χ0n) is 16.9. The Morgan fingerprint density at radius 3 is 2.63 bits per heavy atom. The summed E-state index contributed by atoms with van der Waals surface area (Å²) in [6, 6.07) is 0. The lowest BCUT2D eigenvalue weighted by Gasteiger charge is -2.38. The second-order valence-electron chi connectivity index (χ2n) is 8.78. The van der Waals surface area contributed by atoms with Crippen LogP contribution in [0.15, 0.2) is 23.8 Å². The highest BCUT2D eigenvalue weighted by Gasteiger charge is 2.45. The molecule has 3 aliphatic carbocycles. The summed E-state index contributed by atoms with van der Waals surface area (Å²) < 4.78 is 4.93. The van der Waals surface area contributed by atoms with Crippen LogP contribution >= 0.6 is 0 Å². The lowest BCUT2D eigenvalue weighted by atomic mass is 9.66. The molecule has 5 atom stereocenters. The van der Waals surface area contributed by atoms with Gasteiger partial charge in [0.1, 0.15) is 5.92 Å². The first-order valence-electron chi connectivity index (χ1n) is 10.6. The quantitative estimate of drug-likeness (QED) is 0.414. The van der Waals surface area contributed by atoms with Crippen molar-refractivity contribution in [1.29, 1.82) is 0 Å². The number of carbonyl (C=O) groups is 2. The molecule has 0 aromatic rings. The Kier molecular flexibility index (Phi) is 6.56. The summed E-state index contributed by atoms with van der Waals surface area (Å²) in [7, 11) is 1.38. The van der Waals surface area contributed by atoms with E-state index >= 15 is 0 Å². The molecule has 0 radical (unpaired) electrons. The lowest BCUT2D eigenvalue weighted by Crippen LogP contribution is -2.39. The first kappa shape index (κ1) is 20.3. The Morgan fingerprint density at radius 2 is 2.00 bits per heavy atom. The second-order valence-corrected chi connectivity index (χ2v) is 8.78. The molecule has 3 fully saturated rings. The molecule has 1 N–H and O–H groups in total. The predicted octanol–water partition coefficient (Wildman–Crippen LogP) is 4.08. The van der Waals surface area contributed by atoms with Crippen molar-refractivity contribution in [1.82, 2.24) is 0 Å². The van der Waals surface area contributed by atoms with E-state index in [1.54, 1.807) is 0 Å². The Balaban J connectivity index is 1.60. The minimum absolute atomic E-state index is 0.0102. The van der Waals surface area contributed by atoms with Crippen molar-refractivity contribution in [3.05, 3.63) is 23.8 Å². The van der Waals surface area contributed by atoms with Gasteiger partial charge in [-0.2, -0.15) is 0 Å². The number of hydrogen-bond acceptors (Lipinski definition) is 4. The Labute approximate surface area is 163 Å². The minimum Gasteiger partial charge on any atom is -0.468 e. The van der Waals surface area contributed by atoms with Crippen LogP contribution in [0.3, 0.4) is 0 Å². The fraction of sp³-hybridized carbons (Fsp3) is 0.739. The summed E-state index contributed by atoms with van der Waals surface area (Å²) in [6.45, 7) is 4.16. The molecule has 27 heavy (non-hydrogen) atoms. The van der Waals surface area contributed by atoms with Crippen LogP contribution in [-0.4, -0.2) is 30.1 Å². The van der Waals surface area contributed by atoms with Crippen LogP contribution in [-0.2, 0) is 14.3 Å². The molecule has 3 rings (SSSR count). The average Bonchev–Trinajstić information content (AvgIpc) is 3.13. The normalized spacial score (nSPS) is 38.0. The van der Waals surface area contributed by atoms with Gasteiger partial charge >= 0.3 is 5.97 Å². The standard InChI is InChI=1S/C23H34O4/c1-4-6-18-19-12-15(11-16(19)13-21(18)25)7-8-20(24)22(23(26)27-3)17-9-14(5-2)10-17/h4,6-7,14,16-19,21-22,25H,5,8-13H2,1-3H3/t14?,16-,17?,18-,19+,21-,22?/m1/s1. The van der Waals surface area contributed by atoms with E-state index in [-0.39, 0.29) is 29.7 Å². The van der Waals surface area contributed by atoms with Crippen LogP contribution in [0.5, 0.6) is 0 Å². The van der Waals surface area contributed by atoms with E-state index in [0.29, 0.717) is 24.2 Å². The van der Waals surface area contributed by atoms with Crippen LogP contribution in [0, 0.1) is 35.5 Å². The fourth-order valence-corrected chi connectivity index (χ4v) is 5.64. The highest BCUT2D eigenvalue weighted by Crippen LogP contribution is 2.50. The third kappa shape index (κ3) is 4.21. The summed E-state index contributed by atoms with van der Waals surface area (Å²) in [5.74, 6) is 1.12. The molecule has 0 saturated heterocycles. The number of aliphatic hydroxyl groups excluding tert-OH is 1. The third-order valence-electron chi connectivity index (χ3n) is 7.24. The Morgan fingerprint density at radius 1 is 1.26 bits per heavy atom. The lowest BCUT2D eigenvalue weighted by molar-refractivity contribution is -0.154. The molecule has 0 spiro atoms. The number of fused-ring (bicyclic) bond motifs is 1. The Bertz CT molecular complexity index is 614. The molecule has 3 aliphatic rings. The SMILES string of the molecule is CC=C[C@@H]1[C@H]2CC(=CCC(=O)C(C(=O)OC)C3CC(CC)C3)C[C@@H]2C[C@H]1O. The number of methoxy groups -OCH3 is 1. The Hall–Kier alpha value is -1.42. The summed E-state index contributed by atoms with van der Waals surface area (Å²) in [6.07, 6.45) is 12.2.